The molecule has 2 aromatic rings. The van der Waals surface area contributed by atoms with E-state index in [1.165, 1.54) is 6.07 Å². The summed E-state index contributed by atoms with van der Waals surface area (Å²) in [5, 5.41) is 0.540. The van der Waals surface area contributed by atoms with Crippen LogP contribution in [0.5, 0.6) is 0 Å². The molecule has 1 aliphatic rings. The van der Waals surface area contributed by atoms with Crippen molar-refractivity contribution in [2.45, 2.75) is 19.9 Å². The van der Waals surface area contributed by atoms with E-state index >= 15 is 0 Å². The molecular formula is C17H15ClFNO. The average molecular weight is 304 g/mol. The molecular weight excluding hydrogens is 289 g/mol. The smallest absolute Gasteiger partial charge is 0.159 e. The number of benzene rings is 2. The molecule has 0 saturated carbocycles. The third-order valence-corrected chi connectivity index (χ3v) is 4.08. The molecule has 0 saturated heterocycles. The van der Waals surface area contributed by atoms with Crippen LogP contribution in [0.4, 0.5) is 10.1 Å². The fourth-order valence-corrected chi connectivity index (χ4v) is 2.92. The van der Waals surface area contributed by atoms with Gasteiger partial charge in [0, 0.05) is 34.9 Å². The largest absolute Gasteiger partial charge is 0.367 e. The Labute approximate surface area is 128 Å². The second-order valence-electron chi connectivity index (χ2n) is 5.31. The second kappa shape index (κ2) is 5.49. The molecule has 0 aliphatic carbocycles. The van der Waals surface area contributed by atoms with Crippen molar-refractivity contribution >= 4 is 23.1 Å². The fraction of sp³-hybridized carbons (Fsp3) is 0.235. The van der Waals surface area contributed by atoms with Crippen molar-refractivity contribution in [1.82, 2.24) is 0 Å². The molecule has 2 nitrogen and oxygen atoms in total. The van der Waals surface area contributed by atoms with E-state index < -0.39 is 0 Å². The Bertz CT molecular complexity index is 714. The van der Waals surface area contributed by atoms with Crippen molar-refractivity contribution in [2.24, 2.45) is 0 Å². The molecule has 21 heavy (non-hydrogen) atoms. The predicted molar refractivity (Wildman–Crippen MR) is 82.6 cm³/mol. The maximum atomic E-state index is 13.8. The number of carbonyl (C=O) groups excluding carboxylic acids is 1. The number of rotatable bonds is 3. The van der Waals surface area contributed by atoms with Crippen LogP contribution in [0.25, 0.3) is 0 Å². The Kier molecular flexibility index (Phi) is 3.68. The lowest BCUT2D eigenvalue weighted by Gasteiger charge is -2.20. The van der Waals surface area contributed by atoms with Crippen LogP contribution in [-0.2, 0) is 13.0 Å². The maximum absolute atomic E-state index is 13.8. The molecule has 1 heterocycles. The van der Waals surface area contributed by atoms with Crippen molar-refractivity contribution in [2.75, 3.05) is 11.4 Å². The first-order valence-electron chi connectivity index (χ1n) is 6.87. The van der Waals surface area contributed by atoms with E-state index in [0.29, 0.717) is 17.1 Å². The second-order valence-corrected chi connectivity index (χ2v) is 5.74. The van der Waals surface area contributed by atoms with Gasteiger partial charge < -0.3 is 4.90 Å². The Morgan fingerprint density at radius 1 is 1.29 bits per heavy atom. The van der Waals surface area contributed by atoms with Gasteiger partial charge >= 0.3 is 0 Å². The summed E-state index contributed by atoms with van der Waals surface area (Å²) in [6, 6.07) is 10.3. The molecule has 2 aromatic carbocycles. The zero-order valence-electron chi connectivity index (χ0n) is 11.7. The lowest BCUT2D eigenvalue weighted by molar-refractivity contribution is 0.101. The first-order valence-corrected chi connectivity index (χ1v) is 7.25. The summed E-state index contributed by atoms with van der Waals surface area (Å²) < 4.78 is 13.8. The molecule has 0 unspecified atom stereocenters. The fourth-order valence-electron chi connectivity index (χ4n) is 2.72. The minimum Gasteiger partial charge on any atom is -0.367 e. The summed E-state index contributed by atoms with van der Waals surface area (Å²) in [5.74, 6) is -0.176. The molecule has 3 rings (SSSR count). The summed E-state index contributed by atoms with van der Waals surface area (Å²) in [6.45, 7) is 2.87. The van der Waals surface area contributed by atoms with Gasteiger partial charge in [-0.1, -0.05) is 11.6 Å². The Balaban J connectivity index is 1.88. The number of hydrogen-bond acceptors (Lipinski definition) is 2. The van der Waals surface area contributed by atoms with Gasteiger partial charge in [0.15, 0.2) is 5.78 Å². The van der Waals surface area contributed by atoms with Crippen LogP contribution >= 0.6 is 11.6 Å². The molecule has 1 aliphatic heterocycles. The van der Waals surface area contributed by atoms with Crippen molar-refractivity contribution in [3.05, 3.63) is 63.9 Å². The van der Waals surface area contributed by atoms with Crippen molar-refractivity contribution in [3.63, 3.8) is 0 Å². The minimum absolute atomic E-state index is 0.0668. The van der Waals surface area contributed by atoms with E-state index in [1.54, 1.807) is 19.1 Å². The number of hydrogen-bond donors (Lipinski definition) is 0. The van der Waals surface area contributed by atoms with E-state index in [9.17, 15) is 9.18 Å². The van der Waals surface area contributed by atoms with Gasteiger partial charge in [0.2, 0.25) is 0 Å². The number of ketones is 1. The van der Waals surface area contributed by atoms with Crippen LogP contribution in [0.2, 0.25) is 5.02 Å². The first-order chi connectivity index (χ1) is 10.0. The van der Waals surface area contributed by atoms with Gasteiger partial charge in [0.25, 0.3) is 0 Å². The highest BCUT2D eigenvalue weighted by Crippen LogP contribution is 2.31. The minimum atomic E-state index is -0.242. The molecule has 4 heteroatoms. The Morgan fingerprint density at radius 2 is 2.10 bits per heavy atom. The predicted octanol–water partition coefficient (Wildman–Crippen LogP) is 4.24. The number of Topliss-reactive ketones (excluding diaryl/α,β-unsaturated/α-hetero) is 1. The highest BCUT2D eigenvalue weighted by molar-refractivity contribution is 6.30. The van der Waals surface area contributed by atoms with E-state index in [2.05, 4.69) is 4.90 Å². The van der Waals surface area contributed by atoms with E-state index in [4.69, 9.17) is 11.6 Å². The number of carbonyl (C=O) groups is 1. The topological polar surface area (TPSA) is 20.3 Å². The van der Waals surface area contributed by atoms with Crippen molar-refractivity contribution in [3.8, 4) is 0 Å². The SMILES string of the molecule is CC(=O)c1ccc2c(c1)CCN2Cc1cc(Cl)ccc1F. The number of halogens is 2. The molecule has 0 bridgehead atoms. The third-order valence-electron chi connectivity index (χ3n) is 3.85. The summed E-state index contributed by atoms with van der Waals surface area (Å²) in [4.78, 5) is 13.5. The number of nitrogens with zero attached hydrogens (tertiary/aromatic N) is 1. The van der Waals surface area contributed by atoms with Crippen LogP contribution in [0.1, 0.15) is 28.4 Å². The molecule has 0 atom stereocenters. The quantitative estimate of drug-likeness (QED) is 0.790. The van der Waals surface area contributed by atoms with Gasteiger partial charge in [0.05, 0.1) is 0 Å². The van der Waals surface area contributed by atoms with Gasteiger partial charge in [-0.3, -0.25) is 4.79 Å². The average Bonchev–Trinajstić information content (AvgIpc) is 2.85. The highest BCUT2D eigenvalue weighted by Gasteiger charge is 2.21. The molecule has 0 amide bonds. The third kappa shape index (κ3) is 2.79. The van der Waals surface area contributed by atoms with E-state index in [-0.39, 0.29) is 11.6 Å². The van der Waals surface area contributed by atoms with E-state index in [1.807, 2.05) is 18.2 Å². The van der Waals surface area contributed by atoms with Gasteiger partial charge in [-0.25, -0.2) is 4.39 Å². The molecule has 0 N–H and O–H groups in total. The van der Waals surface area contributed by atoms with Crippen LogP contribution < -0.4 is 4.90 Å². The lowest BCUT2D eigenvalue weighted by Crippen LogP contribution is -2.20. The van der Waals surface area contributed by atoms with E-state index in [0.717, 1.165) is 29.8 Å². The zero-order valence-corrected chi connectivity index (χ0v) is 12.5. The maximum Gasteiger partial charge on any atom is 0.159 e. The first kappa shape index (κ1) is 14.1. The Morgan fingerprint density at radius 3 is 2.86 bits per heavy atom. The standard InChI is InChI=1S/C17H15ClFNO/c1-11(21)12-2-5-17-13(8-12)6-7-20(17)10-14-9-15(18)3-4-16(14)19/h2-5,8-9H,6-7,10H2,1H3. The number of fused-ring (bicyclic) bond motifs is 1. The van der Waals surface area contributed by atoms with Gasteiger partial charge in [-0.05, 0) is 55.3 Å². The summed E-state index contributed by atoms with van der Waals surface area (Å²) in [6.07, 6.45) is 0.874. The molecule has 0 spiro atoms. The van der Waals surface area contributed by atoms with Gasteiger partial charge in [-0.15, -0.1) is 0 Å². The Hall–Kier alpha value is -1.87. The molecule has 0 aromatic heterocycles. The van der Waals surface area contributed by atoms with Crippen molar-refractivity contribution < 1.29 is 9.18 Å². The van der Waals surface area contributed by atoms with Crippen LogP contribution in [0.3, 0.4) is 0 Å². The summed E-state index contributed by atoms with van der Waals surface area (Å²) in [7, 11) is 0. The normalized spacial score (nSPS) is 13.4. The van der Waals surface area contributed by atoms with Crippen LogP contribution in [0, 0.1) is 5.82 Å². The summed E-state index contributed by atoms with van der Waals surface area (Å²) >= 11 is 5.94. The zero-order chi connectivity index (χ0) is 15.0. The van der Waals surface area contributed by atoms with Crippen LogP contribution in [0.15, 0.2) is 36.4 Å². The van der Waals surface area contributed by atoms with Crippen LogP contribution in [-0.4, -0.2) is 12.3 Å². The molecule has 108 valence electrons. The summed E-state index contributed by atoms with van der Waals surface area (Å²) in [5.41, 5.74) is 3.53. The molecule has 0 radical (unpaired) electrons. The number of anilines is 1. The van der Waals surface area contributed by atoms with Crippen molar-refractivity contribution in [1.29, 1.82) is 0 Å². The monoisotopic (exact) mass is 303 g/mol. The highest BCUT2D eigenvalue weighted by atomic mass is 35.5. The molecule has 0 fully saturated rings. The lowest BCUT2D eigenvalue weighted by atomic mass is 10.1. The van der Waals surface area contributed by atoms with Gasteiger partial charge in [0.1, 0.15) is 5.82 Å². The van der Waals surface area contributed by atoms with Gasteiger partial charge in [-0.2, -0.15) is 0 Å².